The van der Waals surface area contributed by atoms with Gasteiger partial charge in [-0.3, -0.25) is 4.98 Å². The second-order valence-electron chi connectivity index (χ2n) is 4.48. The molecule has 0 bridgehead atoms. The third-order valence-corrected chi connectivity index (χ3v) is 5.20. The lowest BCUT2D eigenvalue weighted by molar-refractivity contribution is 0.170. The number of nitrogens with zero attached hydrogens (tertiary/aromatic N) is 1. The summed E-state index contributed by atoms with van der Waals surface area (Å²) in [6.07, 6.45) is 3.11. The van der Waals surface area contributed by atoms with Crippen molar-refractivity contribution in [2.75, 3.05) is 12.8 Å². The normalized spacial score (nSPS) is 19.5. The highest BCUT2D eigenvalue weighted by Crippen LogP contribution is 2.36. The van der Waals surface area contributed by atoms with Crippen LogP contribution in [-0.2, 0) is 6.42 Å². The minimum Gasteiger partial charge on any atom is -0.487 e. The molecule has 0 fully saturated rings. The quantitative estimate of drug-likeness (QED) is 0.939. The average Bonchev–Trinajstić information content (AvgIpc) is 2.97. The van der Waals surface area contributed by atoms with Crippen LogP contribution in [0.4, 0.5) is 0 Å². The molecule has 0 aliphatic carbocycles. The maximum absolute atomic E-state index is 6.13. The standard InChI is InChI=1S/C14H16N2OS2/c1-15-11(6-10-7-16-9-19-10)13-8-18-14-5-3-2-4-12(14)17-13/h2-5,7,9,11,13,15H,6,8H2,1H3. The number of nitrogens with one attached hydrogen (secondary N) is 1. The van der Waals surface area contributed by atoms with E-state index in [-0.39, 0.29) is 6.10 Å². The van der Waals surface area contributed by atoms with Crippen LogP contribution in [-0.4, -0.2) is 29.9 Å². The first-order chi connectivity index (χ1) is 9.36. The van der Waals surface area contributed by atoms with Crippen LogP contribution in [0.5, 0.6) is 5.75 Å². The highest BCUT2D eigenvalue weighted by Gasteiger charge is 2.27. The number of benzene rings is 1. The van der Waals surface area contributed by atoms with Gasteiger partial charge in [0.1, 0.15) is 11.9 Å². The predicted molar refractivity (Wildman–Crippen MR) is 80.2 cm³/mol. The number of para-hydroxylation sites is 1. The number of likely N-dealkylation sites (N-methyl/N-ethyl adjacent to an activating group) is 1. The van der Waals surface area contributed by atoms with E-state index in [0.717, 1.165) is 17.9 Å². The number of hydrogen-bond donors (Lipinski definition) is 1. The maximum atomic E-state index is 6.13. The SMILES string of the molecule is CNC(Cc1cncs1)C1CSc2ccccc2O1. The van der Waals surface area contributed by atoms with Crippen LogP contribution in [0.1, 0.15) is 4.88 Å². The Morgan fingerprint density at radius 1 is 1.47 bits per heavy atom. The molecule has 3 nitrogen and oxygen atoms in total. The monoisotopic (exact) mass is 292 g/mol. The van der Waals surface area contributed by atoms with Gasteiger partial charge in [-0.1, -0.05) is 12.1 Å². The van der Waals surface area contributed by atoms with Crippen molar-refractivity contribution in [1.82, 2.24) is 10.3 Å². The van der Waals surface area contributed by atoms with Gasteiger partial charge in [0.15, 0.2) is 0 Å². The fourth-order valence-electron chi connectivity index (χ4n) is 2.21. The lowest BCUT2D eigenvalue weighted by atomic mass is 10.1. The maximum Gasteiger partial charge on any atom is 0.133 e. The Morgan fingerprint density at radius 3 is 3.16 bits per heavy atom. The van der Waals surface area contributed by atoms with Crippen LogP contribution in [0.15, 0.2) is 40.9 Å². The topological polar surface area (TPSA) is 34.2 Å². The van der Waals surface area contributed by atoms with E-state index in [2.05, 4.69) is 22.4 Å². The minimum absolute atomic E-state index is 0.201. The molecule has 1 aliphatic rings. The number of ether oxygens (including phenoxy) is 1. The fraction of sp³-hybridized carbons (Fsp3) is 0.357. The summed E-state index contributed by atoms with van der Waals surface area (Å²) in [6, 6.07) is 8.57. The van der Waals surface area contributed by atoms with Crippen LogP contribution >= 0.6 is 23.1 Å². The molecule has 1 N–H and O–H groups in total. The van der Waals surface area contributed by atoms with Gasteiger partial charge in [-0.05, 0) is 19.2 Å². The van der Waals surface area contributed by atoms with Crippen molar-refractivity contribution in [3.8, 4) is 5.75 Å². The van der Waals surface area contributed by atoms with E-state index in [9.17, 15) is 0 Å². The molecule has 2 heterocycles. The summed E-state index contributed by atoms with van der Waals surface area (Å²) in [6.45, 7) is 0. The van der Waals surface area contributed by atoms with E-state index in [1.807, 2.05) is 42.6 Å². The van der Waals surface area contributed by atoms with Crippen molar-refractivity contribution in [3.05, 3.63) is 40.8 Å². The van der Waals surface area contributed by atoms with Crippen LogP contribution in [0, 0.1) is 0 Å². The largest absolute Gasteiger partial charge is 0.487 e. The first kappa shape index (κ1) is 13.0. The Balaban J connectivity index is 1.72. The second-order valence-corrected chi connectivity index (χ2v) is 6.51. The van der Waals surface area contributed by atoms with E-state index in [4.69, 9.17) is 4.74 Å². The van der Waals surface area contributed by atoms with Crippen molar-refractivity contribution in [2.45, 2.75) is 23.5 Å². The van der Waals surface area contributed by atoms with Crippen LogP contribution in [0.25, 0.3) is 0 Å². The zero-order valence-electron chi connectivity index (χ0n) is 10.7. The lowest BCUT2D eigenvalue weighted by Crippen LogP contribution is -2.45. The summed E-state index contributed by atoms with van der Waals surface area (Å²) >= 11 is 3.58. The third-order valence-electron chi connectivity index (χ3n) is 3.25. The molecule has 2 unspecified atom stereocenters. The molecule has 1 aromatic heterocycles. The van der Waals surface area contributed by atoms with E-state index in [1.54, 1.807) is 11.3 Å². The molecular weight excluding hydrogens is 276 g/mol. The van der Waals surface area contributed by atoms with Crippen molar-refractivity contribution in [3.63, 3.8) is 0 Å². The molecule has 19 heavy (non-hydrogen) atoms. The Kier molecular flexibility index (Phi) is 4.06. The van der Waals surface area contributed by atoms with Gasteiger partial charge >= 0.3 is 0 Å². The smallest absolute Gasteiger partial charge is 0.133 e. The van der Waals surface area contributed by atoms with E-state index >= 15 is 0 Å². The zero-order valence-corrected chi connectivity index (χ0v) is 12.3. The van der Waals surface area contributed by atoms with Crippen molar-refractivity contribution < 1.29 is 4.74 Å². The van der Waals surface area contributed by atoms with E-state index < -0.39 is 0 Å². The summed E-state index contributed by atoms with van der Waals surface area (Å²) in [4.78, 5) is 6.68. The zero-order chi connectivity index (χ0) is 13.1. The molecule has 3 rings (SSSR count). The minimum atomic E-state index is 0.201. The van der Waals surface area contributed by atoms with Gasteiger partial charge in [-0.2, -0.15) is 0 Å². The third kappa shape index (κ3) is 2.94. The van der Waals surface area contributed by atoms with Crippen LogP contribution in [0.2, 0.25) is 0 Å². The average molecular weight is 292 g/mol. The number of thiazole rings is 1. The van der Waals surface area contributed by atoms with E-state index in [0.29, 0.717) is 6.04 Å². The summed E-state index contributed by atoms with van der Waals surface area (Å²) in [7, 11) is 2.00. The molecule has 1 aliphatic heterocycles. The first-order valence-electron chi connectivity index (χ1n) is 6.30. The molecule has 0 amide bonds. The van der Waals surface area contributed by atoms with Gasteiger partial charge in [0.25, 0.3) is 0 Å². The summed E-state index contributed by atoms with van der Waals surface area (Å²) < 4.78 is 6.13. The highest BCUT2D eigenvalue weighted by atomic mass is 32.2. The number of thioether (sulfide) groups is 1. The molecule has 0 saturated carbocycles. The molecule has 2 aromatic rings. The van der Waals surface area contributed by atoms with Crippen LogP contribution < -0.4 is 10.1 Å². The molecule has 0 spiro atoms. The highest BCUT2D eigenvalue weighted by molar-refractivity contribution is 7.99. The van der Waals surface area contributed by atoms with Crippen molar-refractivity contribution >= 4 is 23.1 Å². The molecule has 0 saturated heterocycles. The lowest BCUT2D eigenvalue weighted by Gasteiger charge is -2.31. The van der Waals surface area contributed by atoms with Gasteiger partial charge in [0.05, 0.1) is 5.51 Å². The fourth-order valence-corrected chi connectivity index (χ4v) is 3.95. The van der Waals surface area contributed by atoms with Gasteiger partial charge < -0.3 is 10.1 Å². The summed E-state index contributed by atoms with van der Waals surface area (Å²) in [5.74, 6) is 2.00. The molecule has 5 heteroatoms. The number of hydrogen-bond acceptors (Lipinski definition) is 5. The Hall–Kier alpha value is -1.04. The van der Waals surface area contributed by atoms with Crippen molar-refractivity contribution in [2.24, 2.45) is 0 Å². The number of fused-ring (bicyclic) bond motifs is 1. The summed E-state index contributed by atoms with van der Waals surface area (Å²) in [5.41, 5.74) is 1.88. The first-order valence-corrected chi connectivity index (χ1v) is 8.16. The number of aromatic nitrogens is 1. The van der Waals surface area contributed by atoms with Crippen LogP contribution in [0.3, 0.4) is 0 Å². The Labute approximate surface area is 121 Å². The van der Waals surface area contributed by atoms with Gasteiger partial charge in [-0.25, -0.2) is 0 Å². The number of rotatable bonds is 4. The molecule has 0 radical (unpaired) electrons. The summed E-state index contributed by atoms with van der Waals surface area (Å²) in [5, 5.41) is 3.38. The van der Waals surface area contributed by atoms with Gasteiger partial charge in [-0.15, -0.1) is 23.1 Å². The second kappa shape index (κ2) is 5.94. The predicted octanol–water partition coefficient (Wildman–Crippen LogP) is 2.83. The van der Waals surface area contributed by atoms with Gasteiger partial charge in [0, 0.05) is 34.2 Å². The Bertz CT molecular complexity index is 530. The molecule has 1 aromatic carbocycles. The molecule has 2 atom stereocenters. The van der Waals surface area contributed by atoms with Crippen molar-refractivity contribution in [1.29, 1.82) is 0 Å². The van der Waals surface area contributed by atoms with E-state index in [1.165, 1.54) is 9.77 Å². The molecule has 100 valence electrons. The Morgan fingerprint density at radius 2 is 2.37 bits per heavy atom. The molecular formula is C14H16N2OS2. The van der Waals surface area contributed by atoms with Gasteiger partial charge in [0.2, 0.25) is 0 Å².